The molecule has 1 aromatic heterocycles. The van der Waals surface area contributed by atoms with Gasteiger partial charge in [-0.25, -0.2) is 0 Å². The summed E-state index contributed by atoms with van der Waals surface area (Å²) in [5.74, 6) is -0.728. The molecular formula is C10H13BrN2O2. The number of halogens is 1. The molecule has 0 saturated heterocycles. The van der Waals surface area contributed by atoms with Crippen LogP contribution in [0.2, 0.25) is 0 Å². The third-order valence-corrected chi connectivity index (χ3v) is 4.19. The average molecular weight is 273 g/mol. The molecular weight excluding hydrogens is 260 g/mol. The van der Waals surface area contributed by atoms with Crippen molar-refractivity contribution in [3.8, 4) is 0 Å². The van der Waals surface area contributed by atoms with E-state index in [1.807, 2.05) is 0 Å². The molecule has 0 spiro atoms. The number of aromatic nitrogens is 2. The van der Waals surface area contributed by atoms with Gasteiger partial charge in [-0.3, -0.25) is 9.48 Å². The van der Waals surface area contributed by atoms with Gasteiger partial charge in [-0.2, -0.15) is 5.10 Å². The summed E-state index contributed by atoms with van der Waals surface area (Å²) < 4.78 is 2.45. The van der Waals surface area contributed by atoms with E-state index in [0.29, 0.717) is 12.8 Å². The fraction of sp³-hybridized carbons (Fsp3) is 0.600. The minimum Gasteiger partial charge on any atom is -0.481 e. The van der Waals surface area contributed by atoms with Crippen molar-refractivity contribution in [3.05, 3.63) is 16.4 Å². The Morgan fingerprint density at radius 3 is 2.60 bits per heavy atom. The molecule has 0 atom stereocenters. The van der Waals surface area contributed by atoms with Crippen LogP contribution in [0.1, 0.15) is 31.2 Å². The SMILES string of the molecule is Cn1ncc(C2(C(=O)O)CCCC2)c1Br. The van der Waals surface area contributed by atoms with Crippen LogP contribution in [0.5, 0.6) is 0 Å². The van der Waals surface area contributed by atoms with Gasteiger partial charge in [-0.15, -0.1) is 0 Å². The number of carboxylic acid groups (broad SMARTS) is 1. The summed E-state index contributed by atoms with van der Waals surface area (Å²) in [6, 6.07) is 0. The van der Waals surface area contributed by atoms with E-state index in [9.17, 15) is 9.90 Å². The van der Waals surface area contributed by atoms with Gasteiger partial charge in [0.1, 0.15) is 4.60 Å². The molecule has 0 unspecified atom stereocenters. The number of aliphatic carboxylic acids is 1. The molecule has 1 heterocycles. The minimum absolute atomic E-state index is 0.715. The molecule has 4 nitrogen and oxygen atoms in total. The maximum Gasteiger partial charge on any atom is 0.314 e. The summed E-state index contributed by atoms with van der Waals surface area (Å²) in [5, 5.41) is 13.5. The summed E-state index contributed by atoms with van der Waals surface area (Å²) in [6.07, 6.45) is 5.06. The molecule has 5 heteroatoms. The second-order valence-electron chi connectivity index (χ2n) is 4.07. The van der Waals surface area contributed by atoms with Crippen LogP contribution in [0.4, 0.5) is 0 Å². The molecule has 1 aromatic rings. The van der Waals surface area contributed by atoms with E-state index >= 15 is 0 Å². The molecule has 0 amide bonds. The van der Waals surface area contributed by atoms with Crippen molar-refractivity contribution in [3.63, 3.8) is 0 Å². The van der Waals surface area contributed by atoms with Crippen molar-refractivity contribution in [2.75, 3.05) is 0 Å². The Hall–Kier alpha value is -0.840. The fourth-order valence-electron chi connectivity index (χ4n) is 2.32. The van der Waals surface area contributed by atoms with Gasteiger partial charge in [0.25, 0.3) is 0 Å². The Morgan fingerprint density at radius 2 is 2.20 bits per heavy atom. The van der Waals surface area contributed by atoms with Gasteiger partial charge < -0.3 is 5.11 Å². The number of carboxylic acids is 1. The first kappa shape index (κ1) is 10.7. The Morgan fingerprint density at radius 1 is 1.60 bits per heavy atom. The van der Waals surface area contributed by atoms with Gasteiger partial charge in [-0.1, -0.05) is 12.8 Å². The summed E-state index contributed by atoms with van der Waals surface area (Å²) in [6.45, 7) is 0. The van der Waals surface area contributed by atoms with E-state index in [1.54, 1.807) is 17.9 Å². The largest absolute Gasteiger partial charge is 0.481 e. The van der Waals surface area contributed by atoms with Crippen molar-refractivity contribution in [1.29, 1.82) is 0 Å². The lowest BCUT2D eigenvalue weighted by Gasteiger charge is -2.22. The van der Waals surface area contributed by atoms with E-state index in [1.165, 1.54) is 0 Å². The first-order valence-corrected chi connectivity index (χ1v) is 5.78. The highest BCUT2D eigenvalue weighted by Gasteiger charge is 2.45. The molecule has 15 heavy (non-hydrogen) atoms. The molecule has 1 aliphatic carbocycles. The van der Waals surface area contributed by atoms with E-state index in [-0.39, 0.29) is 0 Å². The number of hydrogen-bond donors (Lipinski definition) is 1. The summed E-state index contributed by atoms with van der Waals surface area (Å²) in [4.78, 5) is 11.4. The molecule has 82 valence electrons. The van der Waals surface area contributed by atoms with Crippen molar-refractivity contribution < 1.29 is 9.90 Å². The molecule has 0 bridgehead atoms. The normalized spacial score (nSPS) is 19.3. The molecule has 1 N–H and O–H groups in total. The van der Waals surface area contributed by atoms with Crippen LogP contribution in [-0.2, 0) is 17.3 Å². The van der Waals surface area contributed by atoms with Gasteiger partial charge >= 0.3 is 5.97 Å². The Balaban J connectivity index is 2.50. The molecule has 1 fully saturated rings. The van der Waals surface area contributed by atoms with E-state index < -0.39 is 11.4 Å². The maximum absolute atomic E-state index is 11.4. The lowest BCUT2D eigenvalue weighted by molar-refractivity contribution is -0.143. The standard InChI is InChI=1S/C10H13BrN2O2/c1-13-8(11)7(6-12-13)10(9(14)15)4-2-3-5-10/h6H,2-5H2,1H3,(H,14,15). The van der Waals surface area contributed by atoms with Crippen LogP contribution >= 0.6 is 15.9 Å². The van der Waals surface area contributed by atoms with Crippen molar-refractivity contribution in [2.45, 2.75) is 31.1 Å². The molecule has 1 aliphatic rings. The number of carbonyl (C=O) groups is 1. The zero-order valence-corrected chi connectivity index (χ0v) is 10.1. The van der Waals surface area contributed by atoms with Crippen LogP contribution in [-0.4, -0.2) is 20.9 Å². The predicted octanol–water partition coefficient (Wildman–Crippen LogP) is 2.08. The predicted molar refractivity (Wildman–Crippen MR) is 58.7 cm³/mol. The van der Waals surface area contributed by atoms with E-state index in [0.717, 1.165) is 23.0 Å². The highest BCUT2D eigenvalue weighted by Crippen LogP contribution is 2.43. The highest BCUT2D eigenvalue weighted by molar-refractivity contribution is 9.10. The number of rotatable bonds is 2. The maximum atomic E-state index is 11.4. The molecule has 1 saturated carbocycles. The number of aryl methyl sites for hydroxylation is 1. The number of nitrogens with zero attached hydrogens (tertiary/aromatic N) is 2. The molecule has 0 radical (unpaired) electrons. The lowest BCUT2D eigenvalue weighted by Crippen LogP contribution is -2.32. The topological polar surface area (TPSA) is 55.1 Å². The Bertz CT molecular complexity index is 394. The summed E-state index contributed by atoms with van der Waals surface area (Å²) in [5.41, 5.74) is 0.0996. The van der Waals surface area contributed by atoms with Crippen LogP contribution in [0.15, 0.2) is 10.8 Å². The third-order valence-electron chi connectivity index (χ3n) is 3.25. The van der Waals surface area contributed by atoms with Crippen molar-refractivity contribution >= 4 is 21.9 Å². The van der Waals surface area contributed by atoms with Gasteiger partial charge in [0.05, 0.1) is 11.6 Å². The third kappa shape index (κ3) is 1.49. The van der Waals surface area contributed by atoms with Crippen LogP contribution in [0.25, 0.3) is 0 Å². The van der Waals surface area contributed by atoms with Gasteiger partial charge in [-0.05, 0) is 28.8 Å². The smallest absolute Gasteiger partial charge is 0.314 e. The first-order chi connectivity index (χ1) is 7.08. The van der Waals surface area contributed by atoms with Gasteiger partial charge in [0.15, 0.2) is 0 Å². The van der Waals surface area contributed by atoms with Gasteiger partial charge in [0.2, 0.25) is 0 Å². The second kappa shape index (κ2) is 3.63. The zero-order chi connectivity index (χ0) is 11.1. The Kier molecular flexibility index (Phi) is 2.58. The van der Waals surface area contributed by atoms with Crippen LogP contribution in [0.3, 0.4) is 0 Å². The summed E-state index contributed by atoms with van der Waals surface area (Å²) in [7, 11) is 1.80. The van der Waals surface area contributed by atoms with E-state index in [4.69, 9.17) is 0 Å². The van der Waals surface area contributed by atoms with Crippen molar-refractivity contribution in [2.24, 2.45) is 7.05 Å². The average Bonchev–Trinajstić information content (AvgIpc) is 2.77. The lowest BCUT2D eigenvalue weighted by atomic mass is 9.81. The first-order valence-electron chi connectivity index (χ1n) is 4.99. The molecule has 0 aliphatic heterocycles. The monoisotopic (exact) mass is 272 g/mol. The highest BCUT2D eigenvalue weighted by atomic mass is 79.9. The quantitative estimate of drug-likeness (QED) is 0.897. The van der Waals surface area contributed by atoms with Crippen LogP contribution in [0, 0.1) is 0 Å². The second-order valence-corrected chi connectivity index (χ2v) is 4.82. The van der Waals surface area contributed by atoms with Crippen LogP contribution < -0.4 is 0 Å². The Labute approximate surface area is 96.4 Å². The minimum atomic E-state index is -0.728. The fourth-order valence-corrected chi connectivity index (χ4v) is 2.89. The van der Waals surface area contributed by atoms with Crippen molar-refractivity contribution in [1.82, 2.24) is 9.78 Å². The molecule has 0 aromatic carbocycles. The zero-order valence-electron chi connectivity index (χ0n) is 8.53. The summed E-state index contributed by atoms with van der Waals surface area (Å²) >= 11 is 3.40. The van der Waals surface area contributed by atoms with Gasteiger partial charge in [0, 0.05) is 12.6 Å². The molecule has 2 rings (SSSR count). The number of hydrogen-bond acceptors (Lipinski definition) is 2. The van der Waals surface area contributed by atoms with E-state index in [2.05, 4.69) is 21.0 Å².